The number of carbonyl (C=O) groups is 2. The average Bonchev–Trinajstić information content (AvgIpc) is 3.62. The number of hydrogen-bond donors (Lipinski definition) is 2. The monoisotopic (exact) mass is 494 g/mol. The van der Waals surface area contributed by atoms with Gasteiger partial charge in [0, 0.05) is 16.7 Å². The maximum absolute atomic E-state index is 12.5. The molecule has 0 bridgehead atoms. The molecule has 0 radical (unpaired) electrons. The normalized spacial score (nSPS) is 10.6. The van der Waals surface area contributed by atoms with Crippen molar-refractivity contribution in [3.8, 4) is 17.1 Å². The van der Waals surface area contributed by atoms with Gasteiger partial charge in [-0.05, 0) is 41.1 Å². The Morgan fingerprint density at radius 1 is 0.838 bits per heavy atom. The topological polar surface area (TPSA) is 124 Å². The lowest BCUT2D eigenvalue weighted by molar-refractivity contribution is 0.0829. The lowest BCUT2D eigenvalue weighted by Gasteiger charge is -2.09. The van der Waals surface area contributed by atoms with Crippen molar-refractivity contribution >= 4 is 11.8 Å². The Hall–Kier alpha value is -5.25. The van der Waals surface area contributed by atoms with Crippen molar-refractivity contribution in [2.45, 2.75) is 13.2 Å². The smallest absolute Gasteiger partial charge is 0.305 e. The van der Waals surface area contributed by atoms with E-state index in [4.69, 9.17) is 9.15 Å². The van der Waals surface area contributed by atoms with Gasteiger partial charge in [0.25, 0.3) is 5.91 Å². The fourth-order valence-corrected chi connectivity index (χ4v) is 3.51. The number of ether oxygens (including phenoxy) is 1. The summed E-state index contributed by atoms with van der Waals surface area (Å²) in [7, 11) is 0. The minimum atomic E-state index is -0.590. The van der Waals surface area contributed by atoms with Crippen LogP contribution in [-0.4, -0.2) is 32.0 Å². The molecule has 2 heterocycles. The highest BCUT2D eigenvalue weighted by molar-refractivity contribution is 5.98. The zero-order chi connectivity index (χ0) is 25.5. The van der Waals surface area contributed by atoms with Crippen LogP contribution in [-0.2, 0) is 13.2 Å². The fourth-order valence-electron chi connectivity index (χ4n) is 3.51. The Morgan fingerprint density at radius 2 is 1.54 bits per heavy atom. The molecule has 3 aromatic carbocycles. The van der Waals surface area contributed by atoms with Gasteiger partial charge in [-0.15, -0.1) is 10.2 Å². The van der Waals surface area contributed by atoms with Gasteiger partial charge in [-0.3, -0.25) is 20.4 Å². The molecule has 0 saturated carbocycles. The lowest BCUT2D eigenvalue weighted by Crippen LogP contribution is -2.41. The van der Waals surface area contributed by atoms with E-state index < -0.39 is 11.8 Å². The predicted molar refractivity (Wildman–Crippen MR) is 133 cm³/mol. The molecule has 0 atom stereocenters. The molecule has 2 N–H and O–H groups in total. The summed E-state index contributed by atoms with van der Waals surface area (Å²) >= 11 is 0. The molecule has 0 aliphatic rings. The van der Waals surface area contributed by atoms with E-state index >= 15 is 0 Å². The van der Waals surface area contributed by atoms with Gasteiger partial charge in [0.15, 0.2) is 5.76 Å². The zero-order valence-electron chi connectivity index (χ0n) is 19.6. The van der Waals surface area contributed by atoms with Crippen LogP contribution in [0.15, 0.2) is 102 Å². The van der Waals surface area contributed by atoms with Crippen molar-refractivity contribution in [2.24, 2.45) is 0 Å². The van der Waals surface area contributed by atoms with Crippen molar-refractivity contribution in [1.82, 2.24) is 31.1 Å². The number of furan rings is 1. The summed E-state index contributed by atoms with van der Waals surface area (Å²) in [5.41, 5.74) is 7.46. The molecule has 2 aromatic heterocycles. The predicted octanol–water partition coefficient (Wildman–Crippen LogP) is 3.64. The number of para-hydroxylation sites is 1. The van der Waals surface area contributed by atoms with Gasteiger partial charge in [0.2, 0.25) is 5.82 Å². The molecule has 5 aromatic rings. The van der Waals surface area contributed by atoms with Crippen molar-refractivity contribution in [1.29, 1.82) is 0 Å². The van der Waals surface area contributed by atoms with Crippen molar-refractivity contribution in [2.75, 3.05) is 0 Å². The van der Waals surface area contributed by atoms with Crippen molar-refractivity contribution < 1.29 is 18.7 Å². The van der Waals surface area contributed by atoms with Gasteiger partial charge < -0.3 is 9.15 Å². The molecule has 0 spiro atoms. The molecular weight excluding hydrogens is 472 g/mol. The zero-order valence-corrected chi connectivity index (χ0v) is 19.6. The second-order valence-corrected chi connectivity index (χ2v) is 7.99. The number of benzene rings is 3. The third-order valence-electron chi connectivity index (χ3n) is 5.41. The van der Waals surface area contributed by atoms with Crippen LogP contribution >= 0.6 is 0 Å². The molecule has 10 nitrogen and oxygen atoms in total. The summed E-state index contributed by atoms with van der Waals surface area (Å²) < 4.78 is 11.0. The van der Waals surface area contributed by atoms with E-state index in [1.807, 2.05) is 60.7 Å². The number of hydrogen-bond acceptors (Lipinski definition) is 7. The Bertz CT molecular complexity index is 1480. The number of rotatable bonds is 8. The van der Waals surface area contributed by atoms with E-state index in [1.165, 1.54) is 11.1 Å². The molecule has 0 fully saturated rings. The molecule has 5 rings (SSSR count). The Labute approximate surface area is 211 Å². The largest absolute Gasteiger partial charge is 0.489 e. The summed E-state index contributed by atoms with van der Waals surface area (Å²) in [6.07, 6.45) is 1.39. The first-order valence-electron chi connectivity index (χ1n) is 11.4. The quantitative estimate of drug-likeness (QED) is 0.316. The van der Waals surface area contributed by atoms with Crippen LogP contribution in [0.2, 0.25) is 0 Å². The van der Waals surface area contributed by atoms with E-state index in [2.05, 4.69) is 26.3 Å². The highest BCUT2D eigenvalue weighted by Crippen LogP contribution is 2.16. The molecule has 37 heavy (non-hydrogen) atoms. The molecule has 0 aliphatic carbocycles. The highest BCUT2D eigenvalue weighted by Gasteiger charge is 2.17. The maximum atomic E-state index is 12.5. The molecule has 0 aliphatic heterocycles. The number of amides is 2. The number of nitrogens with one attached hydrogen (secondary N) is 2. The van der Waals surface area contributed by atoms with E-state index in [1.54, 1.807) is 30.3 Å². The van der Waals surface area contributed by atoms with Crippen LogP contribution in [0, 0.1) is 0 Å². The van der Waals surface area contributed by atoms with Gasteiger partial charge >= 0.3 is 5.91 Å². The summed E-state index contributed by atoms with van der Waals surface area (Å²) in [4.78, 5) is 26.5. The van der Waals surface area contributed by atoms with Crippen LogP contribution in [0.1, 0.15) is 32.0 Å². The van der Waals surface area contributed by atoms with E-state index in [0.717, 1.165) is 11.1 Å². The Morgan fingerprint density at radius 3 is 2.30 bits per heavy atom. The first-order valence-corrected chi connectivity index (χ1v) is 11.4. The third kappa shape index (κ3) is 5.88. The van der Waals surface area contributed by atoms with Gasteiger partial charge in [-0.25, -0.2) is 0 Å². The first-order chi connectivity index (χ1) is 18.2. The van der Waals surface area contributed by atoms with E-state index in [9.17, 15) is 9.59 Å². The Kier molecular flexibility index (Phi) is 6.98. The van der Waals surface area contributed by atoms with Gasteiger partial charge in [0.1, 0.15) is 12.4 Å². The number of aromatic nitrogens is 4. The summed E-state index contributed by atoms with van der Waals surface area (Å²) in [6.45, 7) is 0.539. The molecule has 184 valence electrons. The standard InChI is InChI=1S/C27H22N6O4/c34-26(29-30-27(35)24-22(15-16-36-24)18-37-23-9-5-2-6-10-23)21-13-11-19(12-14-21)17-33-31-25(28-32-33)20-7-3-1-4-8-20/h1-16H,17-18H2,(H,29,34)(H,30,35). The van der Waals surface area contributed by atoms with Crippen LogP contribution in [0.4, 0.5) is 0 Å². The summed E-state index contributed by atoms with van der Waals surface area (Å²) in [5, 5.41) is 12.6. The lowest BCUT2D eigenvalue weighted by atomic mass is 10.1. The number of carbonyl (C=O) groups excluding carboxylic acids is 2. The second kappa shape index (κ2) is 11.0. The van der Waals surface area contributed by atoms with Crippen molar-refractivity contribution in [3.63, 3.8) is 0 Å². The molecular formula is C27H22N6O4. The maximum Gasteiger partial charge on any atom is 0.305 e. The van der Waals surface area contributed by atoms with Crippen LogP contribution < -0.4 is 15.6 Å². The van der Waals surface area contributed by atoms with Crippen LogP contribution in [0.5, 0.6) is 5.75 Å². The van der Waals surface area contributed by atoms with Crippen LogP contribution in [0.3, 0.4) is 0 Å². The van der Waals surface area contributed by atoms with Gasteiger partial charge in [0.05, 0.1) is 12.8 Å². The molecule has 10 heteroatoms. The Balaban J connectivity index is 1.14. The molecule has 0 unspecified atom stereocenters. The average molecular weight is 495 g/mol. The van der Waals surface area contributed by atoms with Crippen molar-refractivity contribution in [3.05, 3.63) is 120 Å². The third-order valence-corrected chi connectivity index (χ3v) is 5.41. The van der Waals surface area contributed by atoms with Crippen LogP contribution in [0.25, 0.3) is 11.4 Å². The minimum absolute atomic E-state index is 0.0572. The highest BCUT2D eigenvalue weighted by atomic mass is 16.5. The van der Waals surface area contributed by atoms with Gasteiger partial charge in [-0.1, -0.05) is 60.7 Å². The summed E-state index contributed by atoms with van der Waals surface area (Å²) in [6, 6.07) is 27.3. The number of nitrogens with zero attached hydrogens (tertiary/aromatic N) is 4. The molecule has 0 saturated heterocycles. The molecule has 2 amide bonds. The van der Waals surface area contributed by atoms with E-state index in [-0.39, 0.29) is 12.4 Å². The fraction of sp³-hybridized carbons (Fsp3) is 0.0741. The van der Waals surface area contributed by atoms with Gasteiger partial charge in [-0.2, -0.15) is 4.80 Å². The number of hydrazine groups is 1. The van der Waals surface area contributed by atoms with E-state index in [0.29, 0.717) is 29.2 Å². The number of tetrazole rings is 1. The SMILES string of the molecule is O=C(NNC(=O)c1occc1COc1ccccc1)c1ccc(Cn2nnc(-c3ccccc3)n2)cc1. The summed E-state index contributed by atoms with van der Waals surface area (Å²) in [5.74, 6) is 0.204. The first kappa shape index (κ1) is 23.5. The second-order valence-electron chi connectivity index (χ2n) is 7.99. The minimum Gasteiger partial charge on any atom is -0.489 e.